The van der Waals surface area contributed by atoms with Gasteiger partial charge < -0.3 is 73.6 Å². The van der Waals surface area contributed by atoms with E-state index in [1.54, 1.807) is 56.2 Å². The summed E-state index contributed by atoms with van der Waals surface area (Å²) in [6.07, 6.45) is 6.44. The highest BCUT2D eigenvalue weighted by Crippen LogP contribution is 2.46. The number of amides is 6. The van der Waals surface area contributed by atoms with E-state index >= 15 is 0 Å². The predicted octanol–water partition coefficient (Wildman–Crippen LogP) is 2.68. The third-order valence-corrected chi connectivity index (χ3v) is 17.1. The molecule has 2 aromatic heterocycles. The molecule has 6 heterocycles. The van der Waals surface area contributed by atoms with Crippen LogP contribution in [0.2, 0.25) is 0 Å². The Kier molecular flexibility index (Phi) is 25.2. The summed E-state index contributed by atoms with van der Waals surface area (Å²) in [7, 11) is 0. The molecule has 0 unspecified atom stereocenters. The van der Waals surface area contributed by atoms with Crippen molar-refractivity contribution in [2.45, 2.75) is 108 Å². The largest absolute Gasteiger partial charge is 0.458 e. The number of aliphatic hydroxyl groups is 1. The molecule has 0 saturated heterocycles. The number of nitrogens with one attached hydrogen (secondary N) is 4. The fraction of sp³-hybridized carbons (Fsp3) is 0.623. The molecule has 0 bridgehead atoms. The molecule has 1 aromatic carbocycles. The van der Waals surface area contributed by atoms with Crippen LogP contribution < -0.4 is 26.8 Å². The van der Waals surface area contributed by atoms with Crippen LogP contribution in [0.4, 0.5) is 5.69 Å². The number of nitrogens with zero attached hydrogens (tertiary/aromatic N) is 3. The average molecular weight is 1230 g/mol. The van der Waals surface area contributed by atoms with Crippen molar-refractivity contribution in [1.82, 2.24) is 30.4 Å². The lowest BCUT2D eigenvalue weighted by molar-refractivity contribution is -0.172. The molecule has 5 N–H and O–H groups in total. The van der Waals surface area contributed by atoms with Crippen molar-refractivity contribution in [3.63, 3.8) is 0 Å². The summed E-state index contributed by atoms with van der Waals surface area (Å²) in [6.45, 7) is 13.7. The minimum Gasteiger partial charge on any atom is -0.458 e. The van der Waals surface area contributed by atoms with Crippen molar-refractivity contribution in [2.24, 2.45) is 17.8 Å². The van der Waals surface area contributed by atoms with E-state index in [-0.39, 0.29) is 97.3 Å². The summed E-state index contributed by atoms with van der Waals surface area (Å²) in [5.41, 5.74) is 2.48. The van der Waals surface area contributed by atoms with Gasteiger partial charge in [-0.1, -0.05) is 20.8 Å². The van der Waals surface area contributed by atoms with Gasteiger partial charge in [0.15, 0.2) is 5.60 Å². The summed E-state index contributed by atoms with van der Waals surface area (Å²) >= 11 is 1.58. The van der Waals surface area contributed by atoms with Gasteiger partial charge in [-0.05, 0) is 81.0 Å². The third kappa shape index (κ3) is 17.6. The Hall–Kier alpha value is -6.20. The first-order chi connectivity index (χ1) is 42.1. The number of esters is 1. The van der Waals surface area contributed by atoms with E-state index in [1.807, 2.05) is 6.07 Å². The number of carbonyl (C=O) groups excluding carboxylic acids is 7. The summed E-state index contributed by atoms with van der Waals surface area (Å²) in [5, 5.41) is 23.6. The number of carbonyl (C=O) groups is 7. The molecule has 1 aliphatic carbocycles. The number of imide groups is 1. The van der Waals surface area contributed by atoms with Gasteiger partial charge in [0, 0.05) is 64.7 Å². The topological polar surface area (TPSA) is 309 Å². The molecule has 1 fully saturated rings. The van der Waals surface area contributed by atoms with Crippen molar-refractivity contribution < 1.29 is 81.3 Å². The molecule has 0 radical (unpaired) electrons. The molecular weight excluding hydrogens is 1150 g/mol. The summed E-state index contributed by atoms with van der Waals surface area (Å²) < 4.78 is 51.2. The van der Waals surface area contributed by atoms with E-state index in [2.05, 4.69) is 21.3 Å². The van der Waals surface area contributed by atoms with Gasteiger partial charge in [0.05, 0.1) is 140 Å². The number of rotatable bonds is 37. The minimum absolute atomic E-state index is 0.0146. The molecule has 3 atom stereocenters. The maximum atomic E-state index is 13.8. The molecule has 3 aromatic rings. The minimum atomic E-state index is -1.93. The molecule has 4 aliphatic heterocycles. The maximum Gasteiger partial charge on any atom is 0.343 e. The van der Waals surface area contributed by atoms with Crippen molar-refractivity contribution in [1.29, 1.82) is 0 Å². The summed E-state index contributed by atoms with van der Waals surface area (Å²) in [6, 6.07) is 3.41. The highest BCUT2D eigenvalue weighted by molar-refractivity contribution is 7.99. The molecule has 6 amide bonds. The number of fused-ring (bicyclic) bond motifs is 5. The van der Waals surface area contributed by atoms with Gasteiger partial charge in [-0.2, -0.15) is 0 Å². The zero-order chi connectivity index (χ0) is 61.9. The Morgan fingerprint density at radius 2 is 1.31 bits per heavy atom. The lowest BCUT2D eigenvalue weighted by atomic mass is 9.81. The van der Waals surface area contributed by atoms with Gasteiger partial charge in [-0.25, -0.2) is 9.78 Å². The van der Waals surface area contributed by atoms with Gasteiger partial charge in [0.2, 0.25) is 23.6 Å². The number of anilines is 1. The van der Waals surface area contributed by atoms with Gasteiger partial charge in [0.25, 0.3) is 17.4 Å². The summed E-state index contributed by atoms with van der Waals surface area (Å²) in [4.78, 5) is 110. The Morgan fingerprint density at radius 3 is 1.89 bits per heavy atom. The fourth-order valence-electron chi connectivity index (χ4n) is 11.1. The Bertz CT molecular complexity index is 3000. The first-order valence-corrected chi connectivity index (χ1v) is 31.2. The molecule has 25 nitrogen and oxygen atoms in total. The Labute approximate surface area is 509 Å². The molecule has 26 heteroatoms. The highest BCUT2D eigenvalue weighted by atomic mass is 32.2. The molecule has 0 spiro atoms. The normalized spacial score (nSPS) is 19.2. The fourth-order valence-corrected chi connectivity index (χ4v) is 12.2. The van der Waals surface area contributed by atoms with Crippen LogP contribution in [0.5, 0.6) is 0 Å². The van der Waals surface area contributed by atoms with E-state index in [4.69, 9.17) is 47.6 Å². The zero-order valence-corrected chi connectivity index (χ0v) is 51.0. The lowest BCUT2D eigenvalue weighted by Gasteiger charge is -2.31. The third-order valence-electron chi connectivity index (χ3n) is 16.0. The first kappa shape index (κ1) is 66.7. The zero-order valence-electron chi connectivity index (χ0n) is 50.2. The van der Waals surface area contributed by atoms with Gasteiger partial charge in [0.1, 0.15) is 18.7 Å². The molecule has 8 rings (SSSR count). The second-order valence-corrected chi connectivity index (χ2v) is 23.3. The maximum absolute atomic E-state index is 13.8. The lowest BCUT2D eigenvalue weighted by Crippen LogP contribution is -2.53. The number of thioether (sulfide) groups is 1. The van der Waals surface area contributed by atoms with E-state index in [0.29, 0.717) is 140 Å². The monoisotopic (exact) mass is 1230 g/mol. The highest BCUT2D eigenvalue weighted by Gasteiger charge is 2.46. The number of aromatic nitrogens is 2. The standard InChI is InChI=1S/C61H83N7O18S/c1-5-61(77)45-34-48-54-43(36-67(48)59(75)44(45)37-86-60(61)76)42-15-33-87-55-47(11-10-46(64-54)52(42)55)65-56(72)39(4)63-58(74)53(38(2)3)66-49(69)14-17-78-19-21-80-23-25-82-27-29-84-31-32-85-30-28-83-26-24-81-22-20-79-18-16-62-57(73)41-8-6-40(7-9-41)35-68-50(70)12-13-51(68)71/h10-13,34,38-41,53,77H,5-9,14-33,35-37H2,1-4H3,(H,62,73)(H,63,74)(H,65,72)(H,66,69)/t39-,40?,41?,53-,61-/m0/s1. The Balaban J connectivity index is 0.594. The number of aryl methyl sites for hydroxylation is 1. The van der Waals surface area contributed by atoms with E-state index < -0.39 is 35.5 Å². The number of hydrogen-bond donors (Lipinski definition) is 5. The molecule has 476 valence electrons. The SMILES string of the molecule is CC[C@@]1(O)C(=O)OCc2c1cc1n(c2=O)Cc2c-1nc1ccc(NC(=O)[C@H](C)NC(=O)[C@@H](NC(=O)CCOCCOCCOCCOCCOCCOCCOCCOCCNC(=O)C3CCC(CN4C(=O)C=CC4=O)CC3)C(C)C)c3c1c2CCS3. The number of benzene rings is 1. The molecule has 87 heavy (non-hydrogen) atoms. The van der Waals surface area contributed by atoms with E-state index in [0.717, 1.165) is 47.1 Å². The smallest absolute Gasteiger partial charge is 0.343 e. The number of cyclic esters (lactones) is 1. The quantitative estimate of drug-likeness (QED) is 0.0246. The van der Waals surface area contributed by atoms with Crippen LogP contribution in [-0.2, 0) is 101 Å². The number of ether oxygens (including phenoxy) is 9. The van der Waals surface area contributed by atoms with Crippen LogP contribution in [0.15, 0.2) is 40.0 Å². The van der Waals surface area contributed by atoms with Crippen LogP contribution in [-0.4, -0.2) is 198 Å². The predicted molar refractivity (Wildman–Crippen MR) is 317 cm³/mol. The number of hydrogen-bond acceptors (Lipinski definition) is 20. The van der Waals surface area contributed by atoms with Crippen molar-refractivity contribution in [3.8, 4) is 11.4 Å². The van der Waals surface area contributed by atoms with Crippen LogP contribution >= 0.6 is 11.8 Å². The van der Waals surface area contributed by atoms with Crippen LogP contribution in [0.25, 0.3) is 22.3 Å². The van der Waals surface area contributed by atoms with E-state index in [1.165, 1.54) is 17.1 Å². The summed E-state index contributed by atoms with van der Waals surface area (Å²) in [5.74, 6) is -2.04. The van der Waals surface area contributed by atoms with Crippen molar-refractivity contribution >= 4 is 69.8 Å². The van der Waals surface area contributed by atoms with Gasteiger partial charge in [-0.3, -0.25) is 38.5 Å². The van der Waals surface area contributed by atoms with Gasteiger partial charge >= 0.3 is 5.97 Å². The second kappa shape index (κ2) is 32.9. The van der Waals surface area contributed by atoms with Crippen LogP contribution in [0.1, 0.15) is 88.5 Å². The van der Waals surface area contributed by atoms with Gasteiger partial charge in [-0.15, -0.1) is 11.8 Å². The second-order valence-electron chi connectivity index (χ2n) is 22.2. The van der Waals surface area contributed by atoms with Crippen LogP contribution in [0, 0.1) is 17.8 Å². The average Bonchev–Trinajstić information content (AvgIpc) is 1.70. The Morgan fingerprint density at radius 1 is 0.736 bits per heavy atom. The molecular formula is C61H83N7O18S. The molecule has 1 saturated carbocycles. The first-order valence-electron chi connectivity index (χ1n) is 30.2. The van der Waals surface area contributed by atoms with Crippen molar-refractivity contribution in [2.75, 3.05) is 130 Å². The number of pyridine rings is 2. The van der Waals surface area contributed by atoms with E-state index in [9.17, 15) is 43.5 Å². The van der Waals surface area contributed by atoms with Crippen molar-refractivity contribution in [3.05, 3.63) is 63.0 Å². The van der Waals surface area contributed by atoms with Crippen LogP contribution in [0.3, 0.4) is 0 Å². The molecule has 5 aliphatic rings.